The fourth-order valence-electron chi connectivity index (χ4n) is 1.28. The Bertz CT molecular complexity index is 534. The average Bonchev–Trinajstić information content (AvgIpc) is 2.33. The van der Waals surface area contributed by atoms with Gasteiger partial charge in [-0.05, 0) is 40.2 Å². The average molecular weight is 333 g/mol. The van der Waals surface area contributed by atoms with Crippen LogP contribution in [0.25, 0.3) is 0 Å². The van der Waals surface area contributed by atoms with E-state index in [1.807, 2.05) is 0 Å². The van der Waals surface area contributed by atoms with E-state index in [1.54, 1.807) is 36.5 Å². The van der Waals surface area contributed by atoms with E-state index in [4.69, 9.17) is 27.9 Å². The highest BCUT2D eigenvalue weighted by molar-refractivity contribution is 9.10. The standard InChI is InChI=1S/C12H8BrCl2NO/c13-11-5-8(15)1-2-12(11)17-10-3-4-16-9(6-10)7-14/h1-6H,7H2. The second kappa shape index (κ2) is 5.71. The van der Waals surface area contributed by atoms with Crippen LogP contribution in [0.15, 0.2) is 41.0 Å². The summed E-state index contributed by atoms with van der Waals surface area (Å²) < 4.78 is 6.50. The molecular weight excluding hydrogens is 325 g/mol. The molecule has 0 amide bonds. The zero-order valence-corrected chi connectivity index (χ0v) is 11.8. The summed E-state index contributed by atoms with van der Waals surface area (Å²) in [6.45, 7) is 0. The first-order chi connectivity index (χ1) is 8.19. The Kier molecular flexibility index (Phi) is 4.26. The van der Waals surface area contributed by atoms with Crippen molar-refractivity contribution in [2.24, 2.45) is 0 Å². The number of nitrogens with zero attached hydrogens (tertiary/aromatic N) is 1. The van der Waals surface area contributed by atoms with Crippen molar-refractivity contribution in [2.75, 3.05) is 0 Å². The molecule has 0 bridgehead atoms. The molecule has 0 radical (unpaired) electrons. The van der Waals surface area contributed by atoms with Gasteiger partial charge in [-0.1, -0.05) is 11.6 Å². The van der Waals surface area contributed by atoms with E-state index in [1.165, 1.54) is 0 Å². The van der Waals surface area contributed by atoms with Crippen LogP contribution in [-0.4, -0.2) is 4.98 Å². The van der Waals surface area contributed by atoms with Crippen LogP contribution >= 0.6 is 39.1 Å². The molecular formula is C12H8BrCl2NO. The molecule has 0 fully saturated rings. The van der Waals surface area contributed by atoms with Crippen molar-refractivity contribution in [3.05, 3.63) is 51.7 Å². The van der Waals surface area contributed by atoms with Gasteiger partial charge in [-0.15, -0.1) is 11.6 Å². The molecule has 0 unspecified atom stereocenters. The summed E-state index contributed by atoms with van der Waals surface area (Å²) in [5.74, 6) is 1.75. The second-order valence-corrected chi connectivity index (χ2v) is 4.85. The molecule has 0 saturated carbocycles. The van der Waals surface area contributed by atoms with Crippen molar-refractivity contribution >= 4 is 39.1 Å². The van der Waals surface area contributed by atoms with Gasteiger partial charge in [0, 0.05) is 17.3 Å². The van der Waals surface area contributed by atoms with Crippen LogP contribution in [0.2, 0.25) is 5.02 Å². The molecule has 5 heteroatoms. The molecule has 0 aliphatic carbocycles. The number of halogens is 3. The molecule has 2 nitrogen and oxygen atoms in total. The number of aromatic nitrogens is 1. The normalized spacial score (nSPS) is 10.3. The zero-order valence-electron chi connectivity index (χ0n) is 8.66. The molecule has 0 spiro atoms. The third-order valence-electron chi connectivity index (χ3n) is 2.05. The lowest BCUT2D eigenvalue weighted by atomic mass is 10.3. The van der Waals surface area contributed by atoms with Gasteiger partial charge in [-0.3, -0.25) is 4.98 Å². The number of alkyl halides is 1. The predicted octanol–water partition coefficient (Wildman–Crippen LogP) is 5.03. The van der Waals surface area contributed by atoms with E-state index in [0.29, 0.717) is 22.4 Å². The van der Waals surface area contributed by atoms with E-state index in [-0.39, 0.29) is 0 Å². The van der Waals surface area contributed by atoms with Gasteiger partial charge in [0.1, 0.15) is 11.5 Å². The third kappa shape index (κ3) is 3.35. The van der Waals surface area contributed by atoms with Crippen LogP contribution < -0.4 is 4.74 Å². The molecule has 0 aliphatic rings. The quantitative estimate of drug-likeness (QED) is 0.735. The number of rotatable bonds is 3. The van der Waals surface area contributed by atoms with E-state index in [0.717, 1.165) is 10.2 Å². The zero-order chi connectivity index (χ0) is 12.3. The molecule has 1 heterocycles. The minimum atomic E-state index is 0.360. The van der Waals surface area contributed by atoms with Crippen molar-refractivity contribution in [1.29, 1.82) is 0 Å². The molecule has 0 N–H and O–H groups in total. The monoisotopic (exact) mass is 331 g/mol. The van der Waals surface area contributed by atoms with Crippen LogP contribution in [0.4, 0.5) is 0 Å². The number of ether oxygens (including phenoxy) is 1. The van der Waals surface area contributed by atoms with Crippen LogP contribution in [0.5, 0.6) is 11.5 Å². The Labute approximate surface area is 118 Å². The molecule has 88 valence electrons. The molecule has 0 saturated heterocycles. The van der Waals surface area contributed by atoms with E-state index in [2.05, 4.69) is 20.9 Å². The highest BCUT2D eigenvalue weighted by Crippen LogP contribution is 2.31. The van der Waals surface area contributed by atoms with Crippen molar-refractivity contribution < 1.29 is 4.74 Å². The van der Waals surface area contributed by atoms with Gasteiger partial charge >= 0.3 is 0 Å². The van der Waals surface area contributed by atoms with Crippen molar-refractivity contribution in [3.8, 4) is 11.5 Å². The Morgan fingerprint density at radius 1 is 1.24 bits per heavy atom. The van der Waals surface area contributed by atoms with E-state index < -0.39 is 0 Å². The van der Waals surface area contributed by atoms with Gasteiger partial charge in [0.15, 0.2) is 0 Å². The van der Waals surface area contributed by atoms with Crippen LogP contribution in [0, 0.1) is 0 Å². The second-order valence-electron chi connectivity index (χ2n) is 3.29. The van der Waals surface area contributed by atoms with Crippen LogP contribution in [0.3, 0.4) is 0 Å². The minimum Gasteiger partial charge on any atom is -0.456 e. The summed E-state index contributed by atoms with van der Waals surface area (Å²) in [5, 5.41) is 0.653. The lowest BCUT2D eigenvalue weighted by Gasteiger charge is -2.08. The topological polar surface area (TPSA) is 22.1 Å². The summed E-state index contributed by atoms with van der Waals surface area (Å²) in [5.41, 5.74) is 0.772. The first kappa shape index (κ1) is 12.7. The number of pyridine rings is 1. The van der Waals surface area contributed by atoms with Gasteiger partial charge in [-0.2, -0.15) is 0 Å². The fourth-order valence-corrected chi connectivity index (χ4v) is 2.19. The fraction of sp³-hybridized carbons (Fsp3) is 0.0833. The summed E-state index contributed by atoms with van der Waals surface area (Å²) in [4.78, 5) is 4.09. The molecule has 2 aromatic rings. The van der Waals surface area contributed by atoms with Gasteiger partial charge in [0.2, 0.25) is 0 Å². The summed E-state index contributed by atoms with van der Waals surface area (Å²) >= 11 is 15.0. The Morgan fingerprint density at radius 3 is 2.76 bits per heavy atom. The van der Waals surface area contributed by atoms with E-state index in [9.17, 15) is 0 Å². The number of benzene rings is 1. The SMILES string of the molecule is ClCc1cc(Oc2ccc(Cl)cc2Br)ccn1. The van der Waals surface area contributed by atoms with Gasteiger partial charge < -0.3 is 4.74 Å². The highest BCUT2D eigenvalue weighted by Gasteiger charge is 2.04. The molecule has 0 atom stereocenters. The van der Waals surface area contributed by atoms with Crippen molar-refractivity contribution in [2.45, 2.75) is 5.88 Å². The van der Waals surface area contributed by atoms with Crippen LogP contribution in [0.1, 0.15) is 5.69 Å². The number of hydrogen-bond donors (Lipinski definition) is 0. The highest BCUT2D eigenvalue weighted by atomic mass is 79.9. The molecule has 1 aromatic heterocycles. The smallest absolute Gasteiger partial charge is 0.141 e. The van der Waals surface area contributed by atoms with E-state index >= 15 is 0 Å². The first-order valence-electron chi connectivity index (χ1n) is 4.83. The van der Waals surface area contributed by atoms with Gasteiger partial charge in [0.25, 0.3) is 0 Å². The van der Waals surface area contributed by atoms with Crippen molar-refractivity contribution in [3.63, 3.8) is 0 Å². The Hall–Kier alpha value is -0.770. The lowest BCUT2D eigenvalue weighted by Crippen LogP contribution is -1.89. The first-order valence-corrected chi connectivity index (χ1v) is 6.53. The van der Waals surface area contributed by atoms with Crippen molar-refractivity contribution in [1.82, 2.24) is 4.98 Å². The summed E-state index contributed by atoms with van der Waals surface area (Å²) in [6, 6.07) is 8.92. The summed E-state index contributed by atoms with van der Waals surface area (Å²) in [6.07, 6.45) is 1.66. The maximum atomic E-state index is 5.85. The Balaban J connectivity index is 2.25. The Morgan fingerprint density at radius 2 is 2.06 bits per heavy atom. The third-order valence-corrected chi connectivity index (χ3v) is 3.18. The number of hydrogen-bond acceptors (Lipinski definition) is 2. The summed E-state index contributed by atoms with van der Waals surface area (Å²) in [7, 11) is 0. The maximum absolute atomic E-state index is 5.85. The maximum Gasteiger partial charge on any atom is 0.141 e. The van der Waals surface area contributed by atoms with Crippen LogP contribution in [-0.2, 0) is 5.88 Å². The van der Waals surface area contributed by atoms with Gasteiger partial charge in [-0.25, -0.2) is 0 Å². The van der Waals surface area contributed by atoms with Gasteiger partial charge in [0.05, 0.1) is 16.0 Å². The molecule has 2 rings (SSSR count). The predicted molar refractivity (Wildman–Crippen MR) is 73.0 cm³/mol. The molecule has 0 aliphatic heterocycles. The lowest BCUT2D eigenvalue weighted by molar-refractivity contribution is 0.478. The minimum absolute atomic E-state index is 0.360. The molecule has 1 aromatic carbocycles. The largest absolute Gasteiger partial charge is 0.456 e. The molecule has 17 heavy (non-hydrogen) atoms.